The van der Waals surface area contributed by atoms with Crippen LogP contribution in [0.15, 0.2) is 78.9 Å². The standard InChI is InChI=1S/C24H25NO2/c1-18-8-13-21(14-9-18)24(20-6-4-3-5-7-20)25-23(26)17-12-19-10-15-22(27-2)16-11-19/h3-11,13-16,24H,12,17H2,1-2H3,(H,25,26)/t24-/m1/s1. The van der Waals surface area contributed by atoms with Crippen LogP contribution < -0.4 is 10.1 Å². The summed E-state index contributed by atoms with van der Waals surface area (Å²) in [4.78, 5) is 12.6. The van der Waals surface area contributed by atoms with Gasteiger partial charge in [-0.1, -0.05) is 72.3 Å². The normalized spacial score (nSPS) is 11.6. The van der Waals surface area contributed by atoms with Crippen LogP contribution in [-0.2, 0) is 11.2 Å². The first-order chi connectivity index (χ1) is 13.2. The molecule has 27 heavy (non-hydrogen) atoms. The highest BCUT2D eigenvalue weighted by atomic mass is 16.5. The number of nitrogens with one attached hydrogen (secondary N) is 1. The van der Waals surface area contributed by atoms with Gasteiger partial charge in [-0.05, 0) is 42.2 Å². The third-order valence-electron chi connectivity index (χ3n) is 4.65. The van der Waals surface area contributed by atoms with Crippen molar-refractivity contribution in [1.82, 2.24) is 5.32 Å². The second-order valence-electron chi connectivity index (χ2n) is 6.67. The molecule has 0 heterocycles. The zero-order valence-corrected chi connectivity index (χ0v) is 15.8. The summed E-state index contributed by atoms with van der Waals surface area (Å²) in [5.74, 6) is 0.868. The van der Waals surface area contributed by atoms with E-state index >= 15 is 0 Å². The van der Waals surface area contributed by atoms with Crippen LogP contribution in [0.25, 0.3) is 0 Å². The van der Waals surface area contributed by atoms with Gasteiger partial charge in [0.05, 0.1) is 13.2 Å². The van der Waals surface area contributed by atoms with E-state index in [0.717, 1.165) is 22.4 Å². The summed E-state index contributed by atoms with van der Waals surface area (Å²) < 4.78 is 5.17. The van der Waals surface area contributed by atoms with Crippen molar-refractivity contribution in [3.05, 3.63) is 101 Å². The molecule has 0 aliphatic rings. The molecular weight excluding hydrogens is 334 g/mol. The molecule has 0 radical (unpaired) electrons. The Morgan fingerprint density at radius 1 is 0.889 bits per heavy atom. The summed E-state index contributed by atoms with van der Waals surface area (Å²) in [7, 11) is 1.65. The smallest absolute Gasteiger partial charge is 0.221 e. The van der Waals surface area contributed by atoms with Gasteiger partial charge in [0.15, 0.2) is 0 Å². The minimum absolute atomic E-state index is 0.0419. The second-order valence-corrected chi connectivity index (χ2v) is 6.67. The van der Waals surface area contributed by atoms with Gasteiger partial charge in [-0.2, -0.15) is 0 Å². The largest absolute Gasteiger partial charge is 0.497 e. The molecule has 0 saturated heterocycles. The number of hydrogen-bond donors (Lipinski definition) is 1. The first-order valence-corrected chi connectivity index (χ1v) is 9.19. The molecule has 3 heteroatoms. The molecule has 1 N–H and O–H groups in total. The van der Waals surface area contributed by atoms with Gasteiger partial charge in [0.25, 0.3) is 0 Å². The molecule has 3 rings (SSSR count). The molecule has 3 aromatic rings. The summed E-state index contributed by atoms with van der Waals surface area (Å²) in [5, 5.41) is 3.20. The van der Waals surface area contributed by atoms with Gasteiger partial charge in [0, 0.05) is 6.42 Å². The van der Waals surface area contributed by atoms with Crippen LogP contribution in [0.5, 0.6) is 5.75 Å². The lowest BCUT2D eigenvalue weighted by atomic mass is 9.97. The fraction of sp³-hybridized carbons (Fsp3) is 0.208. The Morgan fingerprint density at radius 3 is 2.15 bits per heavy atom. The maximum absolute atomic E-state index is 12.6. The third-order valence-corrected chi connectivity index (χ3v) is 4.65. The van der Waals surface area contributed by atoms with Crippen molar-refractivity contribution in [2.45, 2.75) is 25.8 Å². The van der Waals surface area contributed by atoms with Gasteiger partial charge in [-0.25, -0.2) is 0 Å². The van der Waals surface area contributed by atoms with E-state index in [1.165, 1.54) is 5.56 Å². The van der Waals surface area contributed by atoms with Crippen LogP contribution in [-0.4, -0.2) is 13.0 Å². The molecule has 0 aromatic heterocycles. The van der Waals surface area contributed by atoms with Gasteiger partial charge >= 0.3 is 0 Å². The van der Waals surface area contributed by atoms with Crippen molar-refractivity contribution in [2.75, 3.05) is 7.11 Å². The number of carbonyl (C=O) groups excluding carboxylic acids is 1. The molecule has 0 bridgehead atoms. The minimum atomic E-state index is -0.143. The highest BCUT2D eigenvalue weighted by Crippen LogP contribution is 2.23. The lowest BCUT2D eigenvalue weighted by Crippen LogP contribution is -2.29. The maximum atomic E-state index is 12.6. The van der Waals surface area contributed by atoms with Gasteiger partial charge in [-0.15, -0.1) is 0 Å². The number of ether oxygens (including phenoxy) is 1. The topological polar surface area (TPSA) is 38.3 Å². The lowest BCUT2D eigenvalue weighted by Gasteiger charge is -2.20. The maximum Gasteiger partial charge on any atom is 0.221 e. The Bertz CT molecular complexity index is 855. The first kappa shape index (κ1) is 18.7. The number of aryl methyl sites for hydroxylation is 2. The summed E-state index contributed by atoms with van der Waals surface area (Å²) in [6.45, 7) is 2.06. The van der Waals surface area contributed by atoms with E-state index in [0.29, 0.717) is 12.8 Å². The van der Waals surface area contributed by atoms with Gasteiger partial charge < -0.3 is 10.1 Å². The molecule has 3 aromatic carbocycles. The molecule has 0 aliphatic heterocycles. The first-order valence-electron chi connectivity index (χ1n) is 9.19. The minimum Gasteiger partial charge on any atom is -0.497 e. The van der Waals surface area contributed by atoms with Gasteiger partial charge in [0.1, 0.15) is 5.75 Å². The Hall–Kier alpha value is -3.07. The Labute approximate surface area is 161 Å². The number of amides is 1. The van der Waals surface area contributed by atoms with Crippen LogP contribution in [0.1, 0.15) is 34.7 Å². The van der Waals surface area contributed by atoms with E-state index in [2.05, 4.69) is 36.5 Å². The summed E-state index contributed by atoms with van der Waals surface area (Å²) in [6, 6.07) is 26.1. The number of benzene rings is 3. The predicted molar refractivity (Wildman–Crippen MR) is 109 cm³/mol. The number of hydrogen-bond acceptors (Lipinski definition) is 2. The number of rotatable bonds is 7. The van der Waals surface area contributed by atoms with Gasteiger partial charge in [-0.3, -0.25) is 4.79 Å². The van der Waals surface area contributed by atoms with E-state index in [1.807, 2.05) is 54.6 Å². The van der Waals surface area contributed by atoms with Crippen molar-refractivity contribution >= 4 is 5.91 Å². The van der Waals surface area contributed by atoms with Crippen molar-refractivity contribution in [3.63, 3.8) is 0 Å². The van der Waals surface area contributed by atoms with Crippen LogP contribution >= 0.6 is 0 Å². The van der Waals surface area contributed by atoms with Crippen molar-refractivity contribution in [3.8, 4) is 5.75 Å². The van der Waals surface area contributed by atoms with Crippen LogP contribution in [0.2, 0.25) is 0 Å². The second kappa shape index (κ2) is 9.04. The lowest BCUT2D eigenvalue weighted by molar-refractivity contribution is -0.121. The number of carbonyl (C=O) groups is 1. The van der Waals surface area contributed by atoms with E-state index in [4.69, 9.17) is 4.74 Å². The highest BCUT2D eigenvalue weighted by molar-refractivity contribution is 5.77. The van der Waals surface area contributed by atoms with E-state index in [9.17, 15) is 4.79 Å². The highest BCUT2D eigenvalue weighted by Gasteiger charge is 2.16. The Kier molecular flexibility index (Phi) is 6.26. The predicted octanol–water partition coefficient (Wildman–Crippen LogP) is 4.84. The average molecular weight is 359 g/mol. The summed E-state index contributed by atoms with van der Waals surface area (Å²) in [6.07, 6.45) is 1.15. The molecule has 138 valence electrons. The van der Waals surface area contributed by atoms with Gasteiger partial charge in [0.2, 0.25) is 5.91 Å². The molecule has 0 fully saturated rings. The van der Waals surface area contributed by atoms with E-state index < -0.39 is 0 Å². The van der Waals surface area contributed by atoms with Crippen molar-refractivity contribution in [1.29, 1.82) is 0 Å². The molecule has 1 amide bonds. The molecule has 0 spiro atoms. The Morgan fingerprint density at radius 2 is 1.52 bits per heavy atom. The van der Waals surface area contributed by atoms with Crippen LogP contribution in [0.3, 0.4) is 0 Å². The SMILES string of the molecule is COc1ccc(CCC(=O)N[C@H](c2ccccc2)c2ccc(C)cc2)cc1. The average Bonchev–Trinajstić information content (AvgIpc) is 2.72. The van der Waals surface area contributed by atoms with Crippen molar-refractivity contribution in [2.24, 2.45) is 0 Å². The molecule has 1 atom stereocenters. The van der Waals surface area contributed by atoms with Crippen LogP contribution in [0, 0.1) is 6.92 Å². The fourth-order valence-corrected chi connectivity index (χ4v) is 3.05. The molecule has 3 nitrogen and oxygen atoms in total. The number of methoxy groups -OCH3 is 1. The summed E-state index contributed by atoms with van der Waals surface area (Å²) >= 11 is 0. The zero-order valence-electron chi connectivity index (χ0n) is 15.8. The summed E-state index contributed by atoms with van der Waals surface area (Å²) in [5.41, 5.74) is 4.50. The van der Waals surface area contributed by atoms with E-state index in [-0.39, 0.29) is 11.9 Å². The van der Waals surface area contributed by atoms with Crippen LogP contribution in [0.4, 0.5) is 0 Å². The molecular formula is C24H25NO2. The Balaban J connectivity index is 1.69. The monoisotopic (exact) mass is 359 g/mol. The molecule has 0 unspecified atom stereocenters. The quantitative estimate of drug-likeness (QED) is 0.655. The fourth-order valence-electron chi connectivity index (χ4n) is 3.05. The third kappa shape index (κ3) is 5.20. The molecule has 0 saturated carbocycles. The molecule has 0 aliphatic carbocycles. The van der Waals surface area contributed by atoms with Crippen molar-refractivity contribution < 1.29 is 9.53 Å². The van der Waals surface area contributed by atoms with E-state index in [1.54, 1.807) is 7.11 Å². The zero-order chi connectivity index (χ0) is 19.1.